The van der Waals surface area contributed by atoms with E-state index in [1.54, 1.807) is 0 Å². The second-order valence-electron chi connectivity index (χ2n) is 20.5. The van der Waals surface area contributed by atoms with E-state index in [1.807, 2.05) is 6.92 Å². The Kier molecular flexibility index (Phi) is 13.0. The lowest BCUT2D eigenvalue weighted by Crippen LogP contribution is -2.68. The number of rotatable bonds is 11. The fourth-order valence-corrected chi connectivity index (χ4v) is 13.5. The molecule has 4 aliphatic carbocycles. The summed E-state index contributed by atoms with van der Waals surface area (Å²) < 4.78 is 24.4. The Morgan fingerprint density at radius 2 is 1.34 bits per heavy atom. The third-order valence-corrected chi connectivity index (χ3v) is 16.8. The molecule has 0 bridgehead atoms. The summed E-state index contributed by atoms with van der Waals surface area (Å²) in [5.41, 5.74) is -0.337. The minimum atomic E-state index is -1.75. The Balaban J connectivity index is 1.21. The standard InChI is InChI=1S/C43H74O13/c1-22(2)11-9-10-15-43(8,52)23-12-17-42(7)30(23)24(46)19-28-40(5)16-14-29(39(3,4)27(40)13-18-41(28,42)6)55-38-36(34(50)32(48)26(21-45)54-38)56-37-35(51)33(49)31(47)25(20-44)53-37/h11,23-38,44-52H,9-10,12-21H2,1-8H3/t23-,24+,25+,26+,27-,28+,29-,30+,31+,32+,33-,34-,35+,36+,37-,38-,40-,41+,42+,43-/m0/s1. The van der Waals surface area contributed by atoms with Crippen LogP contribution in [0.1, 0.15) is 120 Å². The summed E-state index contributed by atoms with van der Waals surface area (Å²) in [6.45, 7) is 16.5. The van der Waals surface area contributed by atoms with Gasteiger partial charge in [-0.25, -0.2) is 0 Å². The van der Waals surface area contributed by atoms with Crippen LogP contribution in [-0.2, 0) is 18.9 Å². The average molecular weight is 799 g/mol. The summed E-state index contributed by atoms with van der Waals surface area (Å²) in [7, 11) is 0. The fraction of sp³-hybridized carbons (Fsp3) is 0.953. The number of aliphatic hydroxyl groups excluding tert-OH is 8. The lowest BCUT2D eigenvalue weighted by molar-refractivity contribution is -0.378. The van der Waals surface area contributed by atoms with E-state index in [0.717, 1.165) is 44.9 Å². The van der Waals surface area contributed by atoms with Crippen molar-refractivity contribution in [3.63, 3.8) is 0 Å². The van der Waals surface area contributed by atoms with E-state index in [-0.39, 0.29) is 39.9 Å². The predicted octanol–water partition coefficient (Wildman–Crippen LogP) is 2.54. The highest BCUT2D eigenvalue weighted by Crippen LogP contribution is 2.76. The number of unbranched alkanes of at least 4 members (excludes halogenated alkanes) is 1. The number of ether oxygens (including phenoxy) is 4. The third-order valence-electron chi connectivity index (χ3n) is 16.8. The number of hydrogen-bond donors (Lipinski definition) is 9. The van der Waals surface area contributed by atoms with Gasteiger partial charge in [0.2, 0.25) is 0 Å². The van der Waals surface area contributed by atoms with Gasteiger partial charge in [-0.2, -0.15) is 0 Å². The Morgan fingerprint density at radius 3 is 1.96 bits per heavy atom. The first-order chi connectivity index (χ1) is 26.1. The molecule has 56 heavy (non-hydrogen) atoms. The lowest BCUT2D eigenvalue weighted by atomic mass is 9.35. The van der Waals surface area contributed by atoms with Crippen LogP contribution in [0.15, 0.2) is 11.6 Å². The maximum absolute atomic E-state index is 12.2. The molecule has 13 nitrogen and oxygen atoms in total. The van der Waals surface area contributed by atoms with Gasteiger partial charge < -0.3 is 64.9 Å². The zero-order chi connectivity index (χ0) is 41.3. The Labute approximate surface area is 333 Å². The Morgan fingerprint density at radius 1 is 0.732 bits per heavy atom. The molecule has 2 aliphatic heterocycles. The molecule has 0 radical (unpaired) electrons. The maximum Gasteiger partial charge on any atom is 0.187 e. The van der Waals surface area contributed by atoms with Crippen molar-refractivity contribution in [2.75, 3.05) is 13.2 Å². The van der Waals surface area contributed by atoms with Gasteiger partial charge in [0.05, 0.1) is 31.0 Å². The van der Waals surface area contributed by atoms with Crippen molar-refractivity contribution >= 4 is 0 Å². The highest BCUT2D eigenvalue weighted by Gasteiger charge is 2.71. The highest BCUT2D eigenvalue weighted by molar-refractivity contribution is 5.20. The van der Waals surface area contributed by atoms with Gasteiger partial charge in [-0.1, -0.05) is 46.3 Å². The molecule has 324 valence electrons. The highest BCUT2D eigenvalue weighted by atomic mass is 16.8. The molecule has 6 rings (SSSR count). The van der Waals surface area contributed by atoms with Crippen molar-refractivity contribution in [1.29, 1.82) is 0 Å². The molecule has 20 atom stereocenters. The summed E-state index contributed by atoms with van der Waals surface area (Å²) in [6.07, 6.45) is -5.32. The van der Waals surface area contributed by atoms with E-state index in [0.29, 0.717) is 19.3 Å². The summed E-state index contributed by atoms with van der Waals surface area (Å²) in [5, 5.41) is 97.5. The van der Waals surface area contributed by atoms with Crippen LogP contribution in [0.4, 0.5) is 0 Å². The van der Waals surface area contributed by atoms with Crippen LogP contribution in [0.3, 0.4) is 0 Å². The van der Waals surface area contributed by atoms with Crippen LogP contribution in [0.2, 0.25) is 0 Å². The van der Waals surface area contributed by atoms with E-state index in [9.17, 15) is 46.0 Å². The lowest BCUT2D eigenvalue weighted by Gasteiger charge is -2.70. The van der Waals surface area contributed by atoms with Gasteiger partial charge >= 0.3 is 0 Å². The molecule has 2 heterocycles. The molecule has 6 fully saturated rings. The van der Waals surface area contributed by atoms with Crippen molar-refractivity contribution in [3.8, 4) is 0 Å². The first-order valence-electron chi connectivity index (χ1n) is 21.4. The quantitative estimate of drug-likeness (QED) is 0.0836. The molecule has 2 saturated heterocycles. The molecular formula is C43H74O13. The second kappa shape index (κ2) is 16.2. The van der Waals surface area contributed by atoms with Crippen molar-refractivity contribution in [2.45, 2.75) is 199 Å². The van der Waals surface area contributed by atoms with E-state index >= 15 is 0 Å². The zero-order valence-electron chi connectivity index (χ0n) is 35.0. The van der Waals surface area contributed by atoms with Crippen LogP contribution in [0.25, 0.3) is 0 Å². The van der Waals surface area contributed by atoms with E-state index in [2.05, 4.69) is 54.5 Å². The number of aliphatic hydroxyl groups is 9. The smallest absolute Gasteiger partial charge is 0.187 e. The summed E-state index contributed by atoms with van der Waals surface area (Å²) in [6, 6.07) is 0. The molecule has 4 saturated carbocycles. The topological polar surface area (TPSA) is 219 Å². The van der Waals surface area contributed by atoms with Crippen molar-refractivity contribution < 1.29 is 64.9 Å². The summed E-state index contributed by atoms with van der Waals surface area (Å²) in [4.78, 5) is 0. The third kappa shape index (κ3) is 7.38. The van der Waals surface area contributed by atoms with E-state index in [1.165, 1.54) is 5.57 Å². The normalized spacial score (nSPS) is 51.3. The molecular weight excluding hydrogens is 724 g/mol. The first-order valence-corrected chi connectivity index (χ1v) is 21.4. The van der Waals surface area contributed by atoms with Gasteiger partial charge in [0, 0.05) is 0 Å². The molecule has 0 unspecified atom stereocenters. The van der Waals surface area contributed by atoms with Crippen LogP contribution < -0.4 is 0 Å². The Hall–Kier alpha value is -0.780. The largest absolute Gasteiger partial charge is 0.394 e. The van der Waals surface area contributed by atoms with Gasteiger partial charge in [0.15, 0.2) is 12.6 Å². The van der Waals surface area contributed by atoms with E-state index in [4.69, 9.17) is 18.9 Å². The Bertz CT molecular complexity index is 1380. The van der Waals surface area contributed by atoms with E-state index < -0.39 is 97.8 Å². The van der Waals surface area contributed by atoms with Crippen LogP contribution in [0.5, 0.6) is 0 Å². The average Bonchev–Trinajstić information content (AvgIpc) is 3.52. The minimum Gasteiger partial charge on any atom is -0.394 e. The molecule has 0 spiro atoms. The van der Waals surface area contributed by atoms with Gasteiger partial charge in [0.1, 0.15) is 48.8 Å². The molecule has 0 aromatic rings. The number of allylic oxidation sites excluding steroid dienone is 2. The van der Waals surface area contributed by atoms with Gasteiger partial charge in [0.25, 0.3) is 0 Å². The van der Waals surface area contributed by atoms with Gasteiger partial charge in [-0.15, -0.1) is 0 Å². The summed E-state index contributed by atoms with van der Waals surface area (Å²) in [5.74, 6) is 0.464. The SMILES string of the molecule is CC(C)=CCCC[C@](C)(O)[C@H]1CC[C@]2(C)[C@H]1[C@H](O)C[C@@H]1[C@@]3(C)CC[C@H](O[C@@H]4O[C@H](CO)[C@@H](O)[C@H](O)[C@H]4O[C@@H]4O[C@H](CO)[C@@H](O)[C@H](O)[C@H]4O)C(C)(C)[C@@H]3CC[C@]12C. The second-order valence-corrected chi connectivity index (χ2v) is 20.5. The molecule has 9 N–H and O–H groups in total. The van der Waals surface area contributed by atoms with Crippen LogP contribution >= 0.6 is 0 Å². The van der Waals surface area contributed by atoms with Crippen LogP contribution in [0, 0.1) is 45.3 Å². The number of hydrogen-bond acceptors (Lipinski definition) is 13. The molecule has 0 aromatic carbocycles. The zero-order valence-corrected chi connectivity index (χ0v) is 35.0. The molecule has 13 heteroatoms. The van der Waals surface area contributed by atoms with Crippen molar-refractivity contribution in [3.05, 3.63) is 11.6 Å². The van der Waals surface area contributed by atoms with Gasteiger partial charge in [-0.05, 0) is 130 Å². The molecule has 0 amide bonds. The number of fused-ring (bicyclic) bond motifs is 5. The molecule has 6 aliphatic rings. The van der Waals surface area contributed by atoms with Crippen molar-refractivity contribution in [1.82, 2.24) is 0 Å². The summed E-state index contributed by atoms with van der Waals surface area (Å²) >= 11 is 0. The van der Waals surface area contributed by atoms with Gasteiger partial charge in [-0.3, -0.25) is 0 Å². The molecule has 0 aromatic heterocycles. The fourth-order valence-electron chi connectivity index (χ4n) is 13.5. The first kappa shape index (κ1) is 44.8. The van der Waals surface area contributed by atoms with Crippen molar-refractivity contribution in [2.24, 2.45) is 45.3 Å². The van der Waals surface area contributed by atoms with Crippen LogP contribution in [-0.4, -0.2) is 138 Å². The minimum absolute atomic E-state index is 0.0142. The predicted molar refractivity (Wildman–Crippen MR) is 206 cm³/mol. The monoisotopic (exact) mass is 799 g/mol. The maximum atomic E-state index is 12.2.